The number of para-hydroxylation sites is 1. The molecule has 198 valence electrons. The molecular weight excluding hydrogens is 559 g/mol. The molecule has 5 aromatic rings. The van der Waals surface area contributed by atoms with Crippen LogP contribution in [0, 0.1) is 0 Å². The van der Waals surface area contributed by atoms with Gasteiger partial charge in [0.25, 0.3) is 0 Å². The Balaban J connectivity index is 0.00000353. The van der Waals surface area contributed by atoms with E-state index in [0.717, 1.165) is 31.4 Å². The first kappa shape index (κ1) is 28.8. The minimum atomic E-state index is -1.97. The van der Waals surface area contributed by atoms with Gasteiger partial charge in [-0.25, -0.2) is 0 Å². The van der Waals surface area contributed by atoms with Crippen molar-refractivity contribution < 1.29 is 21.7 Å². The first-order valence-corrected chi connectivity index (χ1v) is 15.6. The van der Waals surface area contributed by atoms with Gasteiger partial charge in [0, 0.05) is 5.56 Å². The van der Waals surface area contributed by atoms with Crippen LogP contribution in [0.1, 0.15) is 30.4 Å². The predicted molar refractivity (Wildman–Crippen MR) is 165 cm³/mol. The molecule has 39 heavy (non-hydrogen) atoms. The predicted octanol–water partition coefficient (Wildman–Crippen LogP) is 4.98. The lowest BCUT2D eigenvalue weighted by molar-refractivity contribution is -0.00000788. The quantitative estimate of drug-likeness (QED) is 0.146. The van der Waals surface area contributed by atoms with Gasteiger partial charge in [-0.3, -0.25) is 0 Å². The summed E-state index contributed by atoms with van der Waals surface area (Å²) in [5.74, 6) is 1.02. The van der Waals surface area contributed by atoms with Gasteiger partial charge in [-0.15, -0.1) is 0 Å². The monoisotopic (exact) mass is 594 g/mol. The highest BCUT2D eigenvalue weighted by atomic mass is 79.9. The van der Waals surface area contributed by atoms with Gasteiger partial charge in [-0.2, -0.15) is 0 Å². The van der Waals surface area contributed by atoms with Crippen LogP contribution in [0.3, 0.4) is 0 Å². The van der Waals surface area contributed by atoms with Crippen molar-refractivity contribution in [3.8, 4) is 5.75 Å². The molecule has 1 nitrogen and oxygen atoms in total. The van der Waals surface area contributed by atoms with Crippen molar-refractivity contribution in [2.45, 2.75) is 31.8 Å². The smallest absolute Gasteiger partial charge is 0.126 e. The van der Waals surface area contributed by atoms with Crippen molar-refractivity contribution in [3.05, 3.63) is 157 Å². The zero-order chi connectivity index (χ0) is 25.9. The summed E-state index contributed by atoms with van der Waals surface area (Å²) in [7, 11) is -1.97. The maximum Gasteiger partial charge on any atom is 0.126 e. The highest BCUT2D eigenvalue weighted by Crippen LogP contribution is 2.58. The minimum Gasteiger partial charge on any atom is -1.00 e. The van der Waals surface area contributed by atoms with Crippen LogP contribution in [0.15, 0.2) is 146 Å². The van der Waals surface area contributed by atoms with Crippen LogP contribution in [0.25, 0.3) is 0 Å². The molecule has 0 atom stereocenters. The highest BCUT2D eigenvalue weighted by Gasteiger charge is 2.45. The van der Waals surface area contributed by atoms with E-state index in [2.05, 4.69) is 146 Å². The maximum atomic E-state index is 6.46. The van der Waals surface area contributed by atoms with Crippen LogP contribution in [0.2, 0.25) is 0 Å². The summed E-state index contributed by atoms with van der Waals surface area (Å²) in [4.78, 5) is 0. The second-order valence-corrected chi connectivity index (χ2v) is 13.2. The molecule has 0 fully saturated rings. The van der Waals surface area contributed by atoms with E-state index in [1.165, 1.54) is 39.9 Å². The average Bonchev–Trinajstić information content (AvgIpc) is 3.00. The minimum absolute atomic E-state index is 0. The molecule has 0 bridgehead atoms. The molecule has 0 heterocycles. The van der Waals surface area contributed by atoms with Crippen molar-refractivity contribution in [2.24, 2.45) is 0 Å². The number of rotatable bonds is 12. The Morgan fingerprint density at radius 3 is 1.46 bits per heavy atom. The summed E-state index contributed by atoms with van der Waals surface area (Å²) >= 11 is 0. The normalized spacial score (nSPS) is 11.0. The first-order chi connectivity index (χ1) is 18.9. The van der Waals surface area contributed by atoms with E-state index in [4.69, 9.17) is 4.74 Å². The topological polar surface area (TPSA) is 9.23 Å². The molecule has 0 unspecified atom stereocenters. The lowest BCUT2D eigenvalue weighted by atomic mass is 10.1. The van der Waals surface area contributed by atoms with Gasteiger partial charge in [-0.1, -0.05) is 103 Å². The maximum absolute atomic E-state index is 6.46. The molecule has 0 spiro atoms. The largest absolute Gasteiger partial charge is 1.00 e. The summed E-state index contributed by atoms with van der Waals surface area (Å²) in [6, 6.07) is 52.7. The third-order valence-corrected chi connectivity index (χ3v) is 11.5. The SMILES string of the molecule is [Br-].c1ccc(CCCCCOc2ccccc2C[P+](c2ccccc2)(c2ccccc2)c2ccccc2)cc1. The fourth-order valence-electron chi connectivity index (χ4n) is 5.23. The van der Waals surface area contributed by atoms with Gasteiger partial charge in [0.2, 0.25) is 0 Å². The van der Waals surface area contributed by atoms with Crippen LogP contribution in [0.5, 0.6) is 5.75 Å². The van der Waals surface area contributed by atoms with Gasteiger partial charge in [0.05, 0.1) is 6.61 Å². The number of hydrogen-bond donors (Lipinski definition) is 0. The van der Waals surface area contributed by atoms with E-state index in [1.54, 1.807) is 0 Å². The Kier molecular flexibility index (Phi) is 11.0. The number of halogens is 1. The lowest BCUT2D eigenvalue weighted by Gasteiger charge is -2.28. The molecule has 3 heteroatoms. The van der Waals surface area contributed by atoms with Crippen LogP contribution in [-0.2, 0) is 12.6 Å². The molecule has 5 rings (SSSR count). The fourth-order valence-corrected chi connectivity index (χ4v) is 9.49. The molecule has 0 aliphatic carbocycles. The van der Waals surface area contributed by atoms with Crippen molar-refractivity contribution >= 4 is 23.2 Å². The molecule has 0 aliphatic rings. The summed E-state index contributed by atoms with van der Waals surface area (Å²) in [5, 5.41) is 4.19. The summed E-state index contributed by atoms with van der Waals surface area (Å²) in [5.41, 5.74) is 2.70. The van der Waals surface area contributed by atoms with Gasteiger partial charge >= 0.3 is 0 Å². The standard InChI is InChI=1S/C36H36OP.BrH/c1-6-18-31(19-7-1)20-8-5-17-29-37-36-28-16-15-21-32(36)30-38(33-22-9-2-10-23-33,34-24-11-3-12-25-34)35-26-13-4-14-27-35;/h1-4,6-7,9-16,18-19,21-28H,5,8,17,20,29-30H2;1H/q+1;/p-1. The third-order valence-electron chi connectivity index (χ3n) is 7.18. The molecule has 0 saturated heterocycles. The Labute approximate surface area is 245 Å². The number of hydrogen-bond acceptors (Lipinski definition) is 1. The molecular formula is C36H36BrOP. The summed E-state index contributed by atoms with van der Waals surface area (Å²) in [6.45, 7) is 0.749. The Bertz CT molecular complexity index is 1280. The first-order valence-electron chi connectivity index (χ1n) is 13.7. The summed E-state index contributed by atoms with van der Waals surface area (Å²) in [6.07, 6.45) is 5.49. The molecule has 0 radical (unpaired) electrons. The third kappa shape index (κ3) is 7.27. The summed E-state index contributed by atoms with van der Waals surface area (Å²) < 4.78 is 6.46. The van der Waals surface area contributed by atoms with Gasteiger partial charge < -0.3 is 21.7 Å². The van der Waals surface area contributed by atoms with E-state index >= 15 is 0 Å². The zero-order valence-corrected chi connectivity index (χ0v) is 24.8. The molecule has 0 aliphatic heterocycles. The van der Waals surface area contributed by atoms with Crippen LogP contribution in [0.4, 0.5) is 0 Å². The van der Waals surface area contributed by atoms with E-state index < -0.39 is 7.26 Å². The number of aryl methyl sites for hydroxylation is 1. The highest BCUT2D eigenvalue weighted by molar-refractivity contribution is 7.95. The van der Waals surface area contributed by atoms with Crippen molar-refractivity contribution in [1.82, 2.24) is 0 Å². The Morgan fingerprint density at radius 1 is 0.462 bits per heavy atom. The van der Waals surface area contributed by atoms with E-state index in [1.807, 2.05) is 0 Å². The van der Waals surface area contributed by atoms with E-state index in [9.17, 15) is 0 Å². The molecule has 0 saturated carbocycles. The van der Waals surface area contributed by atoms with Crippen molar-refractivity contribution in [1.29, 1.82) is 0 Å². The molecule has 0 aromatic heterocycles. The molecule has 5 aromatic carbocycles. The number of ether oxygens (including phenoxy) is 1. The van der Waals surface area contributed by atoms with Gasteiger partial charge in [-0.05, 0) is 73.7 Å². The van der Waals surface area contributed by atoms with Crippen LogP contribution < -0.4 is 37.6 Å². The van der Waals surface area contributed by atoms with Crippen LogP contribution in [-0.4, -0.2) is 6.61 Å². The molecule has 0 N–H and O–H groups in total. The average molecular weight is 596 g/mol. The fraction of sp³-hybridized carbons (Fsp3) is 0.167. The zero-order valence-electron chi connectivity index (χ0n) is 22.3. The van der Waals surface area contributed by atoms with Gasteiger partial charge in [0.1, 0.15) is 35.1 Å². The number of unbranched alkanes of at least 4 members (excludes halogenated alkanes) is 2. The van der Waals surface area contributed by atoms with E-state index in [0.29, 0.717) is 0 Å². The lowest BCUT2D eigenvalue weighted by Crippen LogP contribution is -3.00. The van der Waals surface area contributed by atoms with Crippen LogP contribution >= 0.6 is 7.26 Å². The second-order valence-electron chi connectivity index (χ2n) is 9.73. The van der Waals surface area contributed by atoms with E-state index in [-0.39, 0.29) is 17.0 Å². The van der Waals surface area contributed by atoms with Crippen molar-refractivity contribution in [3.63, 3.8) is 0 Å². The Morgan fingerprint density at radius 2 is 0.923 bits per heavy atom. The number of benzene rings is 5. The second kappa shape index (κ2) is 14.8. The Hall–Kier alpha value is -3.19. The molecule has 0 amide bonds. The van der Waals surface area contributed by atoms with Gasteiger partial charge in [0.15, 0.2) is 0 Å². The van der Waals surface area contributed by atoms with Crippen molar-refractivity contribution in [2.75, 3.05) is 6.61 Å².